The fraction of sp³-hybridized carbons (Fsp3) is 0.632. The Hall–Kier alpha value is -2.11. The number of pyridine rings is 1. The lowest BCUT2D eigenvalue weighted by Gasteiger charge is -2.26. The molecule has 1 saturated carbocycles. The molecule has 25 heavy (non-hydrogen) atoms. The molecule has 6 heteroatoms. The van der Waals surface area contributed by atoms with E-state index >= 15 is 0 Å². The Morgan fingerprint density at radius 3 is 2.64 bits per heavy atom. The van der Waals surface area contributed by atoms with E-state index in [0.29, 0.717) is 19.0 Å². The molecule has 6 nitrogen and oxygen atoms in total. The number of carbonyl (C=O) groups excluding carboxylic acids is 2. The Balaban J connectivity index is 1.45. The first-order valence-corrected chi connectivity index (χ1v) is 9.33. The van der Waals surface area contributed by atoms with Crippen LogP contribution in [0.3, 0.4) is 0 Å². The molecule has 1 aliphatic carbocycles. The number of urea groups is 1. The van der Waals surface area contributed by atoms with Gasteiger partial charge >= 0.3 is 6.03 Å². The van der Waals surface area contributed by atoms with Crippen LogP contribution in [0, 0.1) is 5.92 Å². The van der Waals surface area contributed by atoms with E-state index in [9.17, 15) is 9.59 Å². The van der Waals surface area contributed by atoms with Gasteiger partial charge in [-0.1, -0.05) is 19.3 Å². The highest BCUT2D eigenvalue weighted by Crippen LogP contribution is 2.26. The molecule has 1 atom stereocenters. The standard InChI is InChI=1S/C19H28N4O2/c1-22(13-15-7-10-20-11-8-15)19(25)21-17-9-12-23(14-17)18(24)16-5-3-2-4-6-16/h7-8,10-11,16-17H,2-6,9,12-14H2,1H3,(H,21,25)/t17-/m0/s1. The van der Waals surface area contributed by atoms with E-state index in [1.165, 1.54) is 19.3 Å². The van der Waals surface area contributed by atoms with E-state index in [4.69, 9.17) is 0 Å². The number of amides is 3. The molecule has 136 valence electrons. The number of aromatic nitrogens is 1. The second-order valence-electron chi connectivity index (χ2n) is 7.27. The van der Waals surface area contributed by atoms with Crippen LogP contribution in [-0.2, 0) is 11.3 Å². The monoisotopic (exact) mass is 344 g/mol. The normalized spacial score (nSPS) is 21.2. The molecule has 0 bridgehead atoms. The molecule has 0 unspecified atom stereocenters. The Morgan fingerprint density at radius 1 is 1.20 bits per heavy atom. The van der Waals surface area contributed by atoms with Crippen LogP contribution in [0.5, 0.6) is 0 Å². The third-order valence-corrected chi connectivity index (χ3v) is 5.30. The molecule has 2 fully saturated rings. The minimum Gasteiger partial charge on any atom is -0.340 e. The number of nitrogens with zero attached hydrogens (tertiary/aromatic N) is 3. The van der Waals surface area contributed by atoms with Crippen LogP contribution in [-0.4, -0.2) is 52.9 Å². The van der Waals surface area contributed by atoms with E-state index in [-0.39, 0.29) is 18.0 Å². The van der Waals surface area contributed by atoms with Gasteiger partial charge in [-0.05, 0) is 37.0 Å². The van der Waals surface area contributed by atoms with E-state index in [2.05, 4.69) is 10.3 Å². The van der Waals surface area contributed by atoms with Gasteiger partial charge in [0.15, 0.2) is 0 Å². The smallest absolute Gasteiger partial charge is 0.317 e. The van der Waals surface area contributed by atoms with Gasteiger partial charge in [0.05, 0.1) is 0 Å². The molecule has 3 amide bonds. The number of hydrogen-bond acceptors (Lipinski definition) is 3. The fourth-order valence-corrected chi connectivity index (χ4v) is 3.80. The van der Waals surface area contributed by atoms with Crippen LogP contribution in [0.25, 0.3) is 0 Å². The Bertz CT molecular complexity index is 586. The zero-order chi connectivity index (χ0) is 17.6. The summed E-state index contributed by atoms with van der Waals surface area (Å²) in [5.74, 6) is 0.499. The van der Waals surface area contributed by atoms with Gasteiger partial charge in [-0.25, -0.2) is 4.79 Å². The molecular formula is C19H28N4O2. The van der Waals surface area contributed by atoms with Gasteiger partial charge < -0.3 is 15.1 Å². The average Bonchev–Trinajstić information content (AvgIpc) is 3.11. The molecule has 1 aromatic rings. The van der Waals surface area contributed by atoms with Crippen LogP contribution < -0.4 is 5.32 Å². The Labute approximate surface area is 149 Å². The summed E-state index contributed by atoms with van der Waals surface area (Å²) < 4.78 is 0. The van der Waals surface area contributed by atoms with Crippen molar-refractivity contribution in [2.75, 3.05) is 20.1 Å². The number of nitrogens with one attached hydrogen (secondary N) is 1. The molecule has 3 rings (SSSR count). The third kappa shape index (κ3) is 4.71. The van der Waals surface area contributed by atoms with E-state index in [1.54, 1.807) is 24.3 Å². The van der Waals surface area contributed by atoms with E-state index in [0.717, 1.165) is 31.4 Å². The number of carbonyl (C=O) groups is 2. The maximum absolute atomic E-state index is 12.6. The van der Waals surface area contributed by atoms with Crippen LogP contribution in [0.1, 0.15) is 44.1 Å². The van der Waals surface area contributed by atoms with E-state index in [1.807, 2.05) is 17.0 Å². The van der Waals surface area contributed by atoms with Gasteiger partial charge in [-0.2, -0.15) is 0 Å². The van der Waals surface area contributed by atoms with Crippen molar-refractivity contribution < 1.29 is 9.59 Å². The van der Waals surface area contributed by atoms with Crippen molar-refractivity contribution in [3.63, 3.8) is 0 Å². The summed E-state index contributed by atoms with van der Waals surface area (Å²) in [6.07, 6.45) is 9.95. The average molecular weight is 344 g/mol. The minimum atomic E-state index is -0.0891. The summed E-state index contributed by atoms with van der Waals surface area (Å²) in [4.78, 5) is 32.6. The number of rotatable bonds is 4. The van der Waals surface area contributed by atoms with Crippen molar-refractivity contribution in [3.05, 3.63) is 30.1 Å². The maximum Gasteiger partial charge on any atom is 0.317 e. The molecule has 1 saturated heterocycles. The zero-order valence-electron chi connectivity index (χ0n) is 15.0. The topological polar surface area (TPSA) is 65.5 Å². The summed E-state index contributed by atoms with van der Waals surface area (Å²) in [6.45, 7) is 1.95. The lowest BCUT2D eigenvalue weighted by Crippen LogP contribution is -2.45. The highest BCUT2D eigenvalue weighted by molar-refractivity contribution is 5.79. The number of likely N-dealkylation sites (tertiary alicyclic amines) is 1. The Kier molecular flexibility index (Phi) is 5.89. The fourth-order valence-electron chi connectivity index (χ4n) is 3.80. The highest BCUT2D eigenvalue weighted by atomic mass is 16.2. The third-order valence-electron chi connectivity index (χ3n) is 5.30. The first kappa shape index (κ1) is 17.7. The first-order chi connectivity index (χ1) is 12.1. The van der Waals surface area contributed by atoms with Gasteiger partial charge in [0.2, 0.25) is 5.91 Å². The van der Waals surface area contributed by atoms with E-state index < -0.39 is 0 Å². The molecule has 2 heterocycles. The van der Waals surface area contributed by atoms with Gasteiger partial charge in [-0.3, -0.25) is 9.78 Å². The van der Waals surface area contributed by atoms with Gasteiger partial charge in [0, 0.05) is 51.0 Å². The SMILES string of the molecule is CN(Cc1ccncc1)C(=O)N[C@H]1CCN(C(=O)C2CCCCC2)C1. The maximum atomic E-state index is 12.6. The lowest BCUT2D eigenvalue weighted by atomic mass is 9.88. The van der Waals surface area contributed by atoms with Crippen molar-refractivity contribution in [1.82, 2.24) is 20.1 Å². The summed E-state index contributed by atoms with van der Waals surface area (Å²) in [5.41, 5.74) is 1.05. The minimum absolute atomic E-state index is 0.0555. The van der Waals surface area contributed by atoms with Crippen molar-refractivity contribution >= 4 is 11.9 Å². The summed E-state index contributed by atoms with van der Waals surface area (Å²) >= 11 is 0. The van der Waals surface area contributed by atoms with Gasteiger partial charge in [0.1, 0.15) is 0 Å². The molecule has 1 aliphatic heterocycles. The van der Waals surface area contributed by atoms with Gasteiger partial charge in [-0.15, -0.1) is 0 Å². The lowest BCUT2D eigenvalue weighted by molar-refractivity contribution is -0.135. The van der Waals surface area contributed by atoms with Crippen LogP contribution in [0.4, 0.5) is 4.79 Å². The molecule has 1 N–H and O–H groups in total. The highest BCUT2D eigenvalue weighted by Gasteiger charge is 2.32. The molecule has 0 spiro atoms. The Morgan fingerprint density at radius 2 is 1.92 bits per heavy atom. The molecule has 0 radical (unpaired) electrons. The summed E-state index contributed by atoms with van der Waals surface area (Å²) in [7, 11) is 1.79. The first-order valence-electron chi connectivity index (χ1n) is 9.33. The van der Waals surface area contributed by atoms with Crippen molar-refractivity contribution in [2.45, 2.75) is 51.1 Å². The molecule has 1 aromatic heterocycles. The van der Waals surface area contributed by atoms with Crippen molar-refractivity contribution in [1.29, 1.82) is 0 Å². The second-order valence-corrected chi connectivity index (χ2v) is 7.27. The van der Waals surface area contributed by atoms with Crippen LogP contribution in [0.2, 0.25) is 0 Å². The second kappa shape index (κ2) is 8.32. The quantitative estimate of drug-likeness (QED) is 0.912. The van der Waals surface area contributed by atoms with Gasteiger partial charge in [0.25, 0.3) is 0 Å². The zero-order valence-corrected chi connectivity index (χ0v) is 15.0. The predicted octanol–water partition coefficient (Wildman–Crippen LogP) is 2.40. The molecular weight excluding hydrogens is 316 g/mol. The largest absolute Gasteiger partial charge is 0.340 e. The predicted molar refractivity (Wildman–Crippen MR) is 95.8 cm³/mol. The van der Waals surface area contributed by atoms with Crippen LogP contribution in [0.15, 0.2) is 24.5 Å². The molecule has 0 aromatic carbocycles. The molecule has 2 aliphatic rings. The summed E-state index contributed by atoms with van der Waals surface area (Å²) in [5, 5.41) is 3.06. The number of hydrogen-bond donors (Lipinski definition) is 1. The van der Waals surface area contributed by atoms with Crippen molar-refractivity contribution in [3.8, 4) is 0 Å². The summed E-state index contributed by atoms with van der Waals surface area (Å²) in [6, 6.07) is 3.78. The van der Waals surface area contributed by atoms with Crippen molar-refractivity contribution in [2.24, 2.45) is 5.92 Å². The van der Waals surface area contributed by atoms with Crippen LogP contribution >= 0.6 is 0 Å².